The van der Waals surface area contributed by atoms with Crippen LogP contribution in [-0.4, -0.2) is 4.98 Å². The van der Waals surface area contributed by atoms with E-state index in [4.69, 9.17) is 4.74 Å². The van der Waals surface area contributed by atoms with Crippen LogP contribution in [0.1, 0.15) is 0 Å². The van der Waals surface area contributed by atoms with Crippen molar-refractivity contribution in [2.45, 2.75) is 0 Å². The molecule has 0 unspecified atom stereocenters. The SMILES string of the molecule is Fc1ccc(Oc2cc[c]cn2)cc1F. The Labute approximate surface area is 85.2 Å². The van der Waals surface area contributed by atoms with Gasteiger partial charge in [-0.05, 0) is 18.2 Å². The Hall–Kier alpha value is -1.97. The third-order valence-corrected chi connectivity index (χ3v) is 1.70. The molecule has 2 nitrogen and oxygen atoms in total. The number of pyridine rings is 1. The Morgan fingerprint density at radius 3 is 2.67 bits per heavy atom. The molecule has 1 aromatic heterocycles. The van der Waals surface area contributed by atoms with Crippen molar-refractivity contribution in [1.82, 2.24) is 4.98 Å². The first-order valence-electron chi connectivity index (χ1n) is 4.21. The normalized spacial score (nSPS) is 10.0. The molecule has 75 valence electrons. The van der Waals surface area contributed by atoms with Crippen LogP contribution >= 0.6 is 0 Å². The summed E-state index contributed by atoms with van der Waals surface area (Å²) in [6.07, 6.45) is 1.43. The summed E-state index contributed by atoms with van der Waals surface area (Å²) < 4.78 is 30.6. The molecule has 2 aromatic rings. The second kappa shape index (κ2) is 4.04. The van der Waals surface area contributed by atoms with E-state index in [1.807, 2.05) is 0 Å². The van der Waals surface area contributed by atoms with Crippen molar-refractivity contribution in [2.24, 2.45) is 0 Å². The van der Waals surface area contributed by atoms with Crippen LogP contribution in [0.25, 0.3) is 0 Å². The van der Waals surface area contributed by atoms with E-state index < -0.39 is 11.6 Å². The molecule has 0 fully saturated rings. The fourth-order valence-electron chi connectivity index (χ4n) is 1.03. The molecule has 0 aliphatic heterocycles. The van der Waals surface area contributed by atoms with E-state index in [0.29, 0.717) is 5.88 Å². The predicted molar refractivity (Wildman–Crippen MR) is 49.5 cm³/mol. The molecule has 0 N–H and O–H groups in total. The summed E-state index contributed by atoms with van der Waals surface area (Å²) in [6, 6.07) is 9.19. The number of aromatic nitrogens is 1. The number of rotatable bonds is 2. The molecule has 0 saturated carbocycles. The molecule has 0 saturated heterocycles. The van der Waals surface area contributed by atoms with Crippen molar-refractivity contribution in [2.75, 3.05) is 0 Å². The van der Waals surface area contributed by atoms with E-state index in [1.165, 1.54) is 12.3 Å². The number of benzene rings is 1. The third-order valence-electron chi connectivity index (χ3n) is 1.70. The Balaban J connectivity index is 2.22. The number of hydrogen-bond donors (Lipinski definition) is 0. The minimum absolute atomic E-state index is 0.201. The zero-order valence-electron chi connectivity index (χ0n) is 7.58. The lowest BCUT2D eigenvalue weighted by molar-refractivity contribution is 0.447. The molecule has 0 spiro atoms. The van der Waals surface area contributed by atoms with E-state index in [2.05, 4.69) is 11.1 Å². The molecule has 0 aliphatic rings. The topological polar surface area (TPSA) is 22.1 Å². The van der Waals surface area contributed by atoms with E-state index in [1.54, 1.807) is 12.1 Å². The summed E-state index contributed by atoms with van der Waals surface area (Å²) in [5, 5.41) is 0. The highest BCUT2D eigenvalue weighted by Crippen LogP contribution is 2.20. The van der Waals surface area contributed by atoms with Crippen LogP contribution in [0.15, 0.2) is 36.5 Å². The molecule has 0 amide bonds. The van der Waals surface area contributed by atoms with Gasteiger partial charge in [-0.3, -0.25) is 0 Å². The van der Waals surface area contributed by atoms with Gasteiger partial charge < -0.3 is 4.74 Å². The van der Waals surface area contributed by atoms with Gasteiger partial charge in [-0.25, -0.2) is 13.8 Å². The van der Waals surface area contributed by atoms with E-state index in [-0.39, 0.29) is 5.75 Å². The summed E-state index contributed by atoms with van der Waals surface area (Å²) in [5.74, 6) is -1.35. The highest BCUT2D eigenvalue weighted by Gasteiger charge is 2.04. The van der Waals surface area contributed by atoms with Crippen molar-refractivity contribution >= 4 is 0 Å². The van der Waals surface area contributed by atoms with Gasteiger partial charge in [-0.15, -0.1) is 0 Å². The van der Waals surface area contributed by atoms with Gasteiger partial charge in [0.25, 0.3) is 0 Å². The van der Waals surface area contributed by atoms with Crippen LogP contribution in [0.2, 0.25) is 0 Å². The standard InChI is InChI=1S/C11H6F2NO/c12-9-5-4-8(7-10(9)13)15-11-3-1-2-6-14-11/h1,3-7H. The molecular formula is C11H6F2NO. The lowest BCUT2D eigenvalue weighted by atomic mass is 10.3. The second-order valence-electron chi connectivity index (χ2n) is 2.77. The van der Waals surface area contributed by atoms with Crippen molar-refractivity contribution in [1.29, 1.82) is 0 Å². The molecule has 15 heavy (non-hydrogen) atoms. The van der Waals surface area contributed by atoms with Gasteiger partial charge in [0.2, 0.25) is 5.88 Å². The smallest absolute Gasteiger partial charge is 0.219 e. The Bertz CT molecular complexity index is 459. The molecule has 1 aromatic carbocycles. The highest BCUT2D eigenvalue weighted by atomic mass is 19.2. The molecule has 4 heteroatoms. The Kier molecular flexibility index (Phi) is 2.58. The maximum absolute atomic E-state index is 12.8. The third kappa shape index (κ3) is 2.28. The van der Waals surface area contributed by atoms with Crippen LogP contribution in [0.4, 0.5) is 8.78 Å². The van der Waals surface area contributed by atoms with Gasteiger partial charge in [0.1, 0.15) is 5.75 Å². The summed E-state index contributed by atoms with van der Waals surface area (Å²) in [6.45, 7) is 0. The lowest BCUT2D eigenvalue weighted by Gasteiger charge is -2.03. The summed E-state index contributed by atoms with van der Waals surface area (Å²) in [4.78, 5) is 3.83. The molecular weight excluding hydrogens is 200 g/mol. The minimum Gasteiger partial charge on any atom is -0.439 e. The first-order chi connectivity index (χ1) is 7.25. The van der Waals surface area contributed by atoms with Gasteiger partial charge in [-0.1, -0.05) is 0 Å². The Morgan fingerprint density at radius 1 is 1.13 bits per heavy atom. The lowest BCUT2D eigenvalue weighted by Crippen LogP contribution is -1.89. The van der Waals surface area contributed by atoms with Gasteiger partial charge >= 0.3 is 0 Å². The molecule has 0 bridgehead atoms. The van der Waals surface area contributed by atoms with Crippen LogP contribution < -0.4 is 4.74 Å². The van der Waals surface area contributed by atoms with Crippen molar-refractivity contribution in [3.63, 3.8) is 0 Å². The number of ether oxygens (including phenoxy) is 1. The zero-order valence-corrected chi connectivity index (χ0v) is 7.58. The van der Waals surface area contributed by atoms with Crippen LogP contribution in [-0.2, 0) is 0 Å². The maximum Gasteiger partial charge on any atom is 0.219 e. The second-order valence-corrected chi connectivity index (χ2v) is 2.77. The summed E-state index contributed by atoms with van der Waals surface area (Å²) in [5.41, 5.74) is 0. The summed E-state index contributed by atoms with van der Waals surface area (Å²) >= 11 is 0. The Morgan fingerprint density at radius 2 is 2.00 bits per heavy atom. The van der Waals surface area contributed by atoms with Crippen molar-refractivity contribution in [3.05, 3.63) is 54.2 Å². The number of nitrogens with zero attached hydrogens (tertiary/aromatic N) is 1. The summed E-state index contributed by atoms with van der Waals surface area (Å²) in [7, 11) is 0. The van der Waals surface area contributed by atoms with E-state index in [9.17, 15) is 8.78 Å². The maximum atomic E-state index is 12.8. The van der Waals surface area contributed by atoms with Crippen LogP contribution in [0, 0.1) is 17.7 Å². The van der Waals surface area contributed by atoms with E-state index in [0.717, 1.165) is 12.1 Å². The quantitative estimate of drug-likeness (QED) is 0.753. The van der Waals surface area contributed by atoms with Gasteiger partial charge in [0, 0.05) is 24.4 Å². The predicted octanol–water partition coefficient (Wildman–Crippen LogP) is 2.95. The highest BCUT2D eigenvalue weighted by molar-refractivity contribution is 5.27. The number of halogens is 2. The fourth-order valence-corrected chi connectivity index (χ4v) is 1.03. The molecule has 0 atom stereocenters. The molecule has 2 rings (SSSR count). The zero-order chi connectivity index (χ0) is 10.7. The first-order valence-corrected chi connectivity index (χ1v) is 4.21. The van der Waals surface area contributed by atoms with Gasteiger partial charge in [0.15, 0.2) is 11.6 Å². The van der Waals surface area contributed by atoms with Crippen molar-refractivity contribution in [3.8, 4) is 11.6 Å². The average molecular weight is 206 g/mol. The largest absolute Gasteiger partial charge is 0.439 e. The molecule has 0 aliphatic carbocycles. The minimum atomic E-state index is -0.949. The first kappa shape index (κ1) is 9.58. The van der Waals surface area contributed by atoms with Gasteiger partial charge in [0.05, 0.1) is 0 Å². The van der Waals surface area contributed by atoms with Crippen LogP contribution in [0.3, 0.4) is 0 Å². The molecule has 1 heterocycles. The average Bonchev–Trinajstić information content (AvgIpc) is 2.25. The molecule has 1 radical (unpaired) electrons. The van der Waals surface area contributed by atoms with Crippen molar-refractivity contribution < 1.29 is 13.5 Å². The van der Waals surface area contributed by atoms with Crippen LogP contribution in [0.5, 0.6) is 11.6 Å². The van der Waals surface area contributed by atoms with E-state index >= 15 is 0 Å². The van der Waals surface area contributed by atoms with Gasteiger partial charge in [-0.2, -0.15) is 0 Å². The monoisotopic (exact) mass is 206 g/mol. The fraction of sp³-hybridized carbons (Fsp3) is 0. The number of hydrogen-bond acceptors (Lipinski definition) is 2.